The van der Waals surface area contributed by atoms with E-state index in [9.17, 15) is 18.4 Å². The van der Waals surface area contributed by atoms with E-state index in [1.165, 1.54) is 11.0 Å². The second-order valence-electron chi connectivity index (χ2n) is 10.3. The summed E-state index contributed by atoms with van der Waals surface area (Å²) in [5.41, 5.74) is 0.412. The van der Waals surface area contributed by atoms with Crippen molar-refractivity contribution in [2.45, 2.75) is 65.2 Å². The average Bonchev–Trinajstić information content (AvgIpc) is 3.54. The van der Waals surface area contributed by atoms with Crippen molar-refractivity contribution in [3.63, 3.8) is 0 Å². The molecule has 2 atom stereocenters. The molecule has 0 unspecified atom stereocenters. The molecule has 0 heterocycles. The second kappa shape index (κ2) is 11.1. The van der Waals surface area contributed by atoms with Crippen molar-refractivity contribution in [2.24, 2.45) is 5.92 Å². The van der Waals surface area contributed by atoms with Crippen molar-refractivity contribution in [3.8, 4) is 5.75 Å². The summed E-state index contributed by atoms with van der Waals surface area (Å²) >= 11 is 0. The minimum atomic E-state index is -0.805. The Balaban J connectivity index is 1.81. The number of nitrogens with zero attached hydrogens (tertiary/aromatic N) is 1. The van der Waals surface area contributed by atoms with Gasteiger partial charge in [-0.1, -0.05) is 44.2 Å². The van der Waals surface area contributed by atoms with Crippen molar-refractivity contribution in [1.82, 2.24) is 10.2 Å². The summed E-state index contributed by atoms with van der Waals surface area (Å²) in [6, 6.07) is 10.8. The molecule has 0 bridgehead atoms. The molecule has 0 aromatic heterocycles. The first-order valence-electron chi connectivity index (χ1n) is 11.9. The van der Waals surface area contributed by atoms with Crippen LogP contribution in [0.1, 0.15) is 58.1 Å². The number of halogens is 2. The van der Waals surface area contributed by atoms with Gasteiger partial charge in [0.05, 0.1) is 0 Å². The van der Waals surface area contributed by atoms with E-state index in [1.807, 2.05) is 44.2 Å². The number of rotatable bonds is 9. The number of carbonyl (C=O) groups excluding carboxylic acids is 2. The lowest BCUT2D eigenvalue weighted by molar-refractivity contribution is -0.122. The lowest BCUT2D eigenvalue weighted by Gasteiger charge is -2.27. The fourth-order valence-corrected chi connectivity index (χ4v) is 3.76. The monoisotopic (exact) mass is 488 g/mol. The van der Waals surface area contributed by atoms with Crippen LogP contribution in [0.2, 0.25) is 0 Å². The van der Waals surface area contributed by atoms with Gasteiger partial charge in [0.25, 0.3) is 0 Å². The third-order valence-corrected chi connectivity index (χ3v) is 5.47. The van der Waals surface area contributed by atoms with Gasteiger partial charge < -0.3 is 14.8 Å². The van der Waals surface area contributed by atoms with Gasteiger partial charge in [-0.15, -0.1) is 0 Å². The van der Waals surface area contributed by atoms with E-state index < -0.39 is 35.3 Å². The Bertz CT molecular complexity index is 1040. The first-order chi connectivity index (χ1) is 16.4. The molecule has 0 spiro atoms. The summed E-state index contributed by atoms with van der Waals surface area (Å²) in [6.07, 6.45) is -0.213. The van der Waals surface area contributed by atoms with Gasteiger partial charge in [0, 0.05) is 30.1 Å². The predicted molar refractivity (Wildman–Crippen MR) is 129 cm³/mol. The highest BCUT2D eigenvalue weighted by atomic mass is 19.1. The van der Waals surface area contributed by atoms with Gasteiger partial charge in [-0.3, -0.25) is 9.69 Å². The summed E-state index contributed by atoms with van der Waals surface area (Å²) in [5.74, 6) is -2.04. The highest BCUT2D eigenvalue weighted by Gasteiger charge is 2.48. The topological polar surface area (TPSA) is 67.9 Å². The Hall–Kier alpha value is -3.16. The van der Waals surface area contributed by atoms with E-state index in [-0.39, 0.29) is 30.7 Å². The number of hydrogen-bond donors (Lipinski definition) is 1. The van der Waals surface area contributed by atoms with E-state index in [0.717, 1.165) is 11.6 Å². The van der Waals surface area contributed by atoms with Crippen LogP contribution in [0.25, 0.3) is 0 Å². The highest BCUT2D eigenvalue weighted by Crippen LogP contribution is 2.49. The van der Waals surface area contributed by atoms with Crippen molar-refractivity contribution >= 4 is 12.0 Å². The van der Waals surface area contributed by atoms with Crippen LogP contribution in [0.15, 0.2) is 42.5 Å². The van der Waals surface area contributed by atoms with Gasteiger partial charge >= 0.3 is 6.09 Å². The Labute approximate surface area is 205 Å². The fourth-order valence-electron chi connectivity index (χ4n) is 3.76. The third kappa shape index (κ3) is 7.67. The second-order valence-corrected chi connectivity index (χ2v) is 10.3. The zero-order chi connectivity index (χ0) is 25.8. The summed E-state index contributed by atoms with van der Waals surface area (Å²) in [6.45, 7) is 9.54. The number of amides is 2. The van der Waals surface area contributed by atoms with Crippen LogP contribution in [0, 0.1) is 17.6 Å². The minimum Gasteiger partial charge on any atom is -0.486 e. The van der Waals surface area contributed by atoms with E-state index in [1.54, 1.807) is 20.8 Å². The van der Waals surface area contributed by atoms with Crippen LogP contribution in [-0.4, -0.2) is 41.6 Å². The van der Waals surface area contributed by atoms with Crippen molar-refractivity contribution in [3.05, 3.63) is 65.2 Å². The maximum absolute atomic E-state index is 14.8. The minimum absolute atomic E-state index is 0.0452. The molecule has 1 saturated carbocycles. The molecule has 190 valence electrons. The van der Waals surface area contributed by atoms with Gasteiger partial charge in [0.15, 0.2) is 11.6 Å². The van der Waals surface area contributed by atoms with Crippen molar-refractivity contribution in [2.75, 3.05) is 13.1 Å². The number of hydrogen-bond acceptors (Lipinski definition) is 4. The van der Waals surface area contributed by atoms with Crippen LogP contribution in [0.3, 0.4) is 0 Å². The predicted octanol–water partition coefficient (Wildman–Crippen LogP) is 5.41. The molecular weight excluding hydrogens is 454 g/mol. The molecule has 6 nitrogen and oxygen atoms in total. The van der Waals surface area contributed by atoms with Crippen LogP contribution < -0.4 is 10.1 Å². The molecule has 1 aliphatic carbocycles. The summed E-state index contributed by atoms with van der Waals surface area (Å²) < 4.78 is 40.2. The zero-order valence-corrected chi connectivity index (χ0v) is 20.9. The molecule has 2 amide bonds. The average molecular weight is 489 g/mol. The van der Waals surface area contributed by atoms with E-state index in [2.05, 4.69) is 5.32 Å². The maximum Gasteiger partial charge on any atom is 0.411 e. The lowest BCUT2D eigenvalue weighted by Crippen LogP contribution is -2.45. The van der Waals surface area contributed by atoms with E-state index in [0.29, 0.717) is 18.5 Å². The summed E-state index contributed by atoms with van der Waals surface area (Å²) in [7, 11) is 0. The smallest absolute Gasteiger partial charge is 0.411 e. The van der Waals surface area contributed by atoms with Gasteiger partial charge in [-0.2, -0.15) is 0 Å². The van der Waals surface area contributed by atoms with Gasteiger partial charge in [-0.05, 0) is 44.7 Å². The van der Waals surface area contributed by atoms with Crippen LogP contribution in [0.4, 0.5) is 13.6 Å². The first kappa shape index (κ1) is 26.4. The van der Waals surface area contributed by atoms with Crippen LogP contribution in [-0.2, 0) is 16.1 Å². The molecule has 0 saturated heterocycles. The number of ether oxygens (including phenoxy) is 2. The Morgan fingerprint density at radius 1 is 1.14 bits per heavy atom. The van der Waals surface area contributed by atoms with Crippen molar-refractivity contribution in [1.29, 1.82) is 0 Å². The first-order valence-corrected chi connectivity index (χ1v) is 11.9. The number of benzene rings is 2. The standard InChI is InChI=1S/C27H34F2N2O4/c1-17(2)14-30-24(32)15-31(26(33)35-27(3,4)5)23-13-20(23)21-11-19(28)12-22(29)25(21)34-16-18-9-7-6-8-10-18/h6-12,17,20,23H,13-16H2,1-5H3,(H,30,32)/t20-,23+/m0/s1. The molecule has 2 aromatic rings. The lowest BCUT2D eigenvalue weighted by atomic mass is 10.1. The molecule has 8 heteroatoms. The summed E-state index contributed by atoms with van der Waals surface area (Å²) in [5, 5.41) is 2.80. The fraction of sp³-hybridized carbons (Fsp3) is 0.481. The molecule has 1 aliphatic rings. The van der Waals surface area contributed by atoms with Gasteiger partial charge in [-0.25, -0.2) is 13.6 Å². The molecule has 1 N–H and O–H groups in total. The highest BCUT2D eigenvalue weighted by molar-refractivity contribution is 5.83. The normalized spacial score (nSPS) is 17.1. The SMILES string of the molecule is CC(C)CNC(=O)CN(C(=O)OC(C)(C)C)[C@@H]1C[C@H]1c1cc(F)cc(F)c1OCc1ccccc1. The molecule has 3 rings (SSSR count). The summed E-state index contributed by atoms with van der Waals surface area (Å²) in [4.78, 5) is 26.8. The molecule has 0 radical (unpaired) electrons. The maximum atomic E-state index is 14.8. The zero-order valence-electron chi connectivity index (χ0n) is 20.9. The van der Waals surface area contributed by atoms with Gasteiger partial charge in [0.1, 0.15) is 24.6 Å². The number of carbonyl (C=O) groups is 2. The molecular formula is C27H34F2N2O4. The Kier molecular flexibility index (Phi) is 8.35. The quantitative estimate of drug-likeness (QED) is 0.513. The number of nitrogens with one attached hydrogen (secondary N) is 1. The van der Waals surface area contributed by atoms with Crippen molar-refractivity contribution < 1.29 is 27.8 Å². The van der Waals surface area contributed by atoms with E-state index >= 15 is 0 Å². The van der Waals surface area contributed by atoms with Crippen LogP contribution in [0.5, 0.6) is 5.75 Å². The van der Waals surface area contributed by atoms with Crippen LogP contribution >= 0.6 is 0 Å². The molecule has 35 heavy (non-hydrogen) atoms. The molecule has 0 aliphatic heterocycles. The Morgan fingerprint density at radius 2 is 1.83 bits per heavy atom. The molecule has 1 fully saturated rings. The largest absolute Gasteiger partial charge is 0.486 e. The third-order valence-electron chi connectivity index (χ3n) is 5.47. The van der Waals surface area contributed by atoms with E-state index in [4.69, 9.17) is 9.47 Å². The van der Waals surface area contributed by atoms with Gasteiger partial charge in [0.2, 0.25) is 5.91 Å². The Morgan fingerprint density at radius 3 is 2.46 bits per heavy atom. The molecule has 2 aromatic carbocycles.